The van der Waals surface area contributed by atoms with Gasteiger partial charge in [0.2, 0.25) is 0 Å². The molecule has 14 heavy (non-hydrogen) atoms. The molecule has 4 heteroatoms. The zero-order chi connectivity index (χ0) is 10.7. The lowest BCUT2D eigenvalue weighted by atomic mass is 9.98. The number of aromatic nitrogens is 2. The van der Waals surface area contributed by atoms with Gasteiger partial charge in [-0.3, -0.25) is 0 Å². The third-order valence-corrected chi connectivity index (χ3v) is 2.33. The number of rotatable bonds is 3. The van der Waals surface area contributed by atoms with E-state index in [0.29, 0.717) is 22.1 Å². The zero-order valence-electron chi connectivity index (χ0n) is 8.59. The van der Waals surface area contributed by atoms with Crippen LogP contribution < -0.4 is 0 Å². The molecule has 1 unspecified atom stereocenters. The molecule has 0 N–H and O–H groups in total. The molecule has 1 atom stereocenters. The van der Waals surface area contributed by atoms with Crippen molar-refractivity contribution in [2.75, 3.05) is 0 Å². The Morgan fingerprint density at radius 2 is 1.64 bits per heavy atom. The molecule has 0 fully saturated rings. The molecule has 1 heterocycles. The zero-order valence-corrected chi connectivity index (χ0v) is 10.1. The van der Waals surface area contributed by atoms with Crippen molar-refractivity contribution in [3.63, 3.8) is 0 Å². The largest absolute Gasteiger partial charge is 0.221 e. The predicted molar refractivity (Wildman–Crippen MR) is 59.9 cm³/mol. The van der Waals surface area contributed by atoms with E-state index < -0.39 is 0 Å². The Hall–Kier alpha value is -0.340. The van der Waals surface area contributed by atoms with Crippen LogP contribution in [0.2, 0.25) is 10.3 Å². The number of hydrogen-bond acceptors (Lipinski definition) is 2. The van der Waals surface area contributed by atoms with E-state index in [1.807, 2.05) is 0 Å². The molecule has 0 spiro atoms. The van der Waals surface area contributed by atoms with Crippen molar-refractivity contribution in [2.45, 2.75) is 33.1 Å². The number of halogens is 2. The van der Waals surface area contributed by atoms with Crippen molar-refractivity contribution in [1.82, 2.24) is 9.97 Å². The molecule has 78 valence electrons. The molecular weight excluding hydrogens is 219 g/mol. The highest BCUT2D eigenvalue weighted by molar-refractivity contribution is 6.33. The van der Waals surface area contributed by atoms with Gasteiger partial charge in [-0.2, -0.15) is 0 Å². The normalized spacial score (nSPS) is 13.3. The topological polar surface area (TPSA) is 25.8 Å². The first-order valence-corrected chi connectivity index (χ1v) is 5.44. The van der Waals surface area contributed by atoms with Gasteiger partial charge in [0.25, 0.3) is 0 Å². The maximum Gasteiger partial charge on any atom is 0.134 e. The van der Waals surface area contributed by atoms with E-state index in [9.17, 15) is 0 Å². The molecule has 0 aliphatic carbocycles. The van der Waals surface area contributed by atoms with Crippen LogP contribution in [0.1, 0.15) is 38.9 Å². The fourth-order valence-corrected chi connectivity index (χ4v) is 1.88. The molecular formula is C10H14Cl2N2. The number of nitrogens with zero attached hydrogens (tertiary/aromatic N) is 2. The van der Waals surface area contributed by atoms with Crippen LogP contribution in [-0.2, 0) is 0 Å². The molecule has 1 aromatic rings. The summed E-state index contributed by atoms with van der Waals surface area (Å²) in [6, 6.07) is 1.55. The van der Waals surface area contributed by atoms with Crippen molar-refractivity contribution < 1.29 is 0 Å². The number of hydrogen-bond donors (Lipinski definition) is 0. The lowest BCUT2D eigenvalue weighted by molar-refractivity contribution is 0.507. The minimum Gasteiger partial charge on any atom is -0.221 e. The summed E-state index contributed by atoms with van der Waals surface area (Å²) in [4.78, 5) is 8.31. The average molecular weight is 233 g/mol. The summed E-state index contributed by atoms with van der Waals surface area (Å²) in [5.41, 5.74) is 0. The van der Waals surface area contributed by atoms with Gasteiger partial charge in [-0.05, 0) is 12.3 Å². The molecule has 0 saturated heterocycles. The highest BCUT2D eigenvalue weighted by Gasteiger charge is 2.12. The summed E-state index contributed by atoms with van der Waals surface area (Å²) in [6.45, 7) is 6.42. The second kappa shape index (κ2) is 4.94. The first-order valence-electron chi connectivity index (χ1n) is 4.69. The molecule has 0 aliphatic heterocycles. The van der Waals surface area contributed by atoms with Crippen molar-refractivity contribution in [1.29, 1.82) is 0 Å². The van der Waals surface area contributed by atoms with Crippen LogP contribution in [0.3, 0.4) is 0 Å². The maximum absolute atomic E-state index is 5.80. The van der Waals surface area contributed by atoms with Crippen molar-refractivity contribution in [3.8, 4) is 0 Å². The van der Waals surface area contributed by atoms with E-state index in [2.05, 4.69) is 30.7 Å². The quantitative estimate of drug-likeness (QED) is 0.739. The van der Waals surface area contributed by atoms with Gasteiger partial charge in [0.1, 0.15) is 16.1 Å². The molecule has 2 nitrogen and oxygen atoms in total. The van der Waals surface area contributed by atoms with Gasteiger partial charge in [-0.25, -0.2) is 9.97 Å². The Kier molecular flexibility index (Phi) is 4.14. The second-order valence-electron chi connectivity index (χ2n) is 3.90. The van der Waals surface area contributed by atoms with Gasteiger partial charge in [-0.15, -0.1) is 0 Å². The van der Waals surface area contributed by atoms with Crippen LogP contribution in [-0.4, -0.2) is 9.97 Å². The monoisotopic (exact) mass is 232 g/mol. The Morgan fingerprint density at radius 1 is 1.14 bits per heavy atom. The van der Waals surface area contributed by atoms with Crippen molar-refractivity contribution >= 4 is 23.2 Å². The first kappa shape index (κ1) is 11.7. The van der Waals surface area contributed by atoms with Crippen LogP contribution in [0.15, 0.2) is 6.07 Å². The smallest absolute Gasteiger partial charge is 0.134 e. The molecule has 0 amide bonds. The van der Waals surface area contributed by atoms with Gasteiger partial charge in [-0.1, -0.05) is 44.0 Å². The summed E-state index contributed by atoms with van der Waals surface area (Å²) < 4.78 is 0. The van der Waals surface area contributed by atoms with Gasteiger partial charge < -0.3 is 0 Å². The summed E-state index contributed by atoms with van der Waals surface area (Å²) in [5, 5.41) is 0.825. The Bertz CT molecular complexity index is 293. The van der Waals surface area contributed by atoms with E-state index >= 15 is 0 Å². The molecule has 0 bridgehead atoms. The Labute approximate surface area is 94.7 Å². The first-order chi connectivity index (χ1) is 6.49. The van der Waals surface area contributed by atoms with E-state index in [-0.39, 0.29) is 0 Å². The summed E-state index contributed by atoms with van der Waals surface area (Å²) in [5.74, 6) is 1.65. The molecule has 0 aliphatic rings. The fraction of sp³-hybridized carbons (Fsp3) is 0.600. The van der Waals surface area contributed by atoms with E-state index in [0.717, 1.165) is 12.2 Å². The van der Waals surface area contributed by atoms with Gasteiger partial charge >= 0.3 is 0 Å². The van der Waals surface area contributed by atoms with E-state index in [1.54, 1.807) is 6.07 Å². The minimum atomic E-state index is 0.297. The van der Waals surface area contributed by atoms with E-state index in [1.165, 1.54) is 0 Å². The highest BCUT2D eigenvalue weighted by atomic mass is 35.5. The van der Waals surface area contributed by atoms with Gasteiger partial charge in [0.05, 0.1) is 0 Å². The van der Waals surface area contributed by atoms with Gasteiger partial charge in [0.15, 0.2) is 0 Å². The van der Waals surface area contributed by atoms with Crippen LogP contribution in [0.25, 0.3) is 0 Å². The third-order valence-electron chi connectivity index (χ3n) is 1.95. The maximum atomic E-state index is 5.80. The summed E-state index contributed by atoms with van der Waals surface area (Å²) in [6.07, 6.45) is 1.04. The van der Waals surface area contributed by atoms with Crippen LogP contribution in [0.5, 0.6) is 0 Å². The predicted octanol–water partition coefficient (Wildman–Crippen LogP) is 3.93. The molecule has 0 radical (unpaired) electrons. The minimum absolute atomic E-state index is 0.297. The second-order valence-corrected chi connectivity index (χ2v) is 4.68. The molecule has 0 aromatic carbocycles. The van der Waals surface area contributed by atoms with Crippen LogP contribution >= 0.6 is 23.2 Å². The lowest BCUT2D eigenvalue weighted by Gasteiger charge is -2.12. The summed E-state index contributed by atoms with van der Waals surface area (Å²) >= 11 is 11.6. The molecule has 1 aromatic heterocycles. The lowest BCUT2D eigenvalue weighted by Crippen LogP contribution is -2.04. The van der Waals surface area contributed by atoms with Gasteiger partial charge in [0, 0.05) is 12.0 Å². The summed E-state index contributed by atoms with van der Waals surface area (Å²) in [7, 11) is 0. The van der Waals surface area contributed by atoms with Crippen LogP contribution in [0.4, 0.5) is 0 Å². The molecule has 0 saturated carbocycles. The standard InChI is InChI=1S/C10H14Cl2N2/c1-6(2)4-7(3)10-13-8(11)5-9(12)14-10/h5-7H,4H2,1-3H3. The van der Waals surface area contributed by atoms with E-state index in [4.69, 9.17) is 23.2 Å². The molecule has 1 rings (SSSR count). The highest BCUT2D eigenvalue weighted by Crippen LogP contribution is 2.22. The van der Waals surface area contributed by atoms with Crippen molar-refractivity contribution in [3.05, 3.63) is 22.2 Å². The Balaban J connectivity index is 2.84. The Morgan fingerprint density at radius 3 is 2.07 bits per heavy atom. The average Bonchev–Trinajstić information content (AvgIpc) is 2.00. The third kappa shape index (κ3) is 3.43. The SMILES string of the molecule is CC(C)CC(C)c1nc(Cl)cc(Cl)n1. The fourth-order valence-electron chi connectivity index (χ4n) is 1.44. The van der Waals surface area contributed by atoms with Crippen molar-refractivity contribution in [2.24, 2.45) is 5.92 Å². The van der Waals surface area contributed by atoms with Crippen LogP contribution in [0, 0.1) is 5.92 Å².